The molecule has 112 valence electrons. The second-order valence-corrected chi connectivity index (χ2v) is 5.28. The Morgan fingerprint density at radius 3 is 2.81 bits per heavy atom. The first-order chi connectivity index (χ1) is 10.3. The van der Waals surface area contributed by atoms with Crippen molar-refractivity contribution in [1.29, 1.82) is 5.26 Å². The van der Waals surface area contributed by atoms with Gasteiger partial charge >= 0.3 is 0 Å². The van der Waals surface area contributed by atoms with Crippen molar-refractivity contribution in [3.05, 3.63) is 30.3 Å². The van der Waals surface area contributed by atoms with Crippen LogP contribution in [0.15, 0.2) is 30.3 Å². The zero-order chi connectivity index (χ0) is 15.1. The lowest BCUT2D eigenvalue weighted by Crippen LogP contribution is -2.48. The lowest BCUT2D eigenvalue weighted by atomic mass is 10.0. The highest BCUT2D eigenvalue weighted by molar-refractivity contribution is 5.95. The van der Waals surface area contributed by atoms with Gasteiger partial charge in [0, 0.05) is 11.7 Å². The van der Waals surface area contributed by atoms with Gasteiger partial charge in [0.1, 0.15) is 6.54 Å². The highest BCUT2D eigenvalue weighted by atomic mass is 16.3. The molecule has 1 aromatic rings. The van der Waals surface area contributed by atoms with Crippen LogP contribution in [-0.2, 0) is 4.79 Å². The normalized spacial score (nSPS) is 19.0. The van der Waals surface area contributed by atoms with E-state index in [9.17, 15) is 9.90 Å². The minimum atomic E-state index is -0.0944. The highest BCUT2D eigenvalue weighted by Crippen LogP contribution is 2.18. The maximum absolute atomic E-state index is 12.5. The third kappa shape index (κ3) is 4.03. The Bertz CT molecular complexity index is 498. The van der Waals surface area contributed by atoms with Crippen molar-refractivity contribution < 1.29 is 9.90 Å². The number of aliphatic hydroxyl groups is 1. The molecule has 0 radical (unpaired) electrons. The quantitative estimate of drug-likeness (QED) is 0.831. The van der Waals surface area contributed by atoms with E-state index in [2.05, 4.69) is 0 Å². The first-order valence-electron chi connectivity index (χ1n) is 7.33. The summed E-state index contributed by atoms with van der Waals surface area (Å²) in [5, 5.41) is 18.4. The van der Waals surface area contributed by atoms with Crippen LogP contribution in [0.2, 0.25) is 0 Å². The van der Waals surface area contributed by atoms with Crippen molar-refractivity contribution in [2.24, 2.45) is 0 Å². The summed E-state index contributed by atoms with van der Waals surface area (Å²) in [6.07, 6.45) is 3.07. The van der Waals surface area contributed by atoms with E-state index < -0.39 is 0 Å². The molecule has 0 saturated carbocycles. The lowest BCUT2D eigenvalue weighted by molar-refractivity contribution is -0.120. The van der Waals surface area contributed by atoms with Crippen molar-refractivity contribution in [1.82, 2.24) is 4.90 Å². The Morgan fingerprint density at radius 1 is 1.38 bits per heavy atom. The van der Waals surface area contributed by atoms with Crippen LogP contribution in [-0.4, -0.2) is 48.2 Å². The van der Waals surface area contributed by atoms with Gasteiger partial charge in [-0.3, -0.25) is 14.6 Å². The minimum Gasteiger partial charge on any atom is -0.395 e. The lowest BCUT2D eigenvalue weighted by Gasteiger charge is -2.35. The van der Waals surface area contributed by atoms with E-state index in [1.54, 1.807) is 0 Å². The molecule has 1 fully saturated rings. The number of carbonyl (C=O) groups excluding carboxylic acids is 1. The van der Waals surface area contributed by atoms with E-state index in [0.717, 1.165) is 31.5 Å². The second kappa shape index (κ2) is 7.77. The molecular formula is C16H21N3O2. The molecule has 1 heterocycles. The monoisotopic (exact) mass is 287 g/mol. The number of rotatable bonds is 5. The Labute approximate surface area is 125 Å². The molecule has 1 aliphatic heterocycles. The van der Waals surface area contributed by atoms with Gasteiger partial charge in [0.15, 0.2) is 0 Å². The number of benzene rings is 1. The van der Waals surface area contributed by atoms with Gasteiger partial charge in [-0.25, -0.2) is 0 Å². The van der Waals surface area contributed by atoms with E-state index in [4.69, 9.17) is 5.26 Å². The predicted molar refractivity (Wildman–Crippen MR) is 80.7 cm³/mol. The van der Waals surface area contributed by atoms with E-state index in [1.165, 1.54) is 4.90 Å². The molecule has 2 rings (SSSR count). The first-order valence-corrected chi connectivity index (χ1v) is 7.33. The number of aliphatic hydroxyl groups excluding tert-OH is 1. The van der Waals surface area contributed by atoms with Gasteiger partial charge in [0.05, 0.1) is 19.2 Å². The van der Waals surface area contributed by atoms with Crippen LogP contribution in [0.25, 0.3) is 0 Å². The molecule has 1 saturated heterocycles. The predicted octanol–water partition coefficient (Wildman–Crippen LogP) is 1.39. The van der Waals surface area contributed by atoms with Crippen molar-refractivity contribution >= 4 is 11.6 Å². The fourth-order valence-corrected chi connectivity index (χ4v) is 2.74. The van der Waals surface area contributed by atoms with E-state index in [1.807, 2.05) is 41.3 Å². The summed E-state index contributed by atoms with van der Waals surface area (Å²) in [6.45, 7) is 1.20. The van der Waals surface area contributed by atoms with Crippen molar-refractivity contribution in [3.8, 4) is 6.07 Å². The van der Waals surface area contributed by atoms with Gasteiger partial charge in [-0.15, -0.1) is 0 Å². The molecule has 1 atom stereocenters. The molecule has 5 heteroatoms. The number of carbonyl (C=O) groups is 1. The van der Waals surface area contributed by atoms with Crippen molar-refractivity contribution in [3.63, 3.8) is 0 Å². The number of piperidine rings is 1. The Hall–Kier alpha value is -1.90. The van der Waals surface area contributed by atoms with Crippen LogP contribution in [0, 0.1) is 11.3 Å². The van der Waals surface area contributed by atoms with Gasteiger partial charge in [-0.2, -0.15) is 5.26 Å². The smallest absolute Gasteiger partial charge is 0.242 e. The fraction of sp³-hybridized carbons (Fsp3) is 0.500. The minimum absolute atomic E-state index is 0.0421. The molecule has 1 unspecified atom stereocenters. The molecule has 0 aromatic heterocycles. The summed E-state index contributed by atoms with van der Waals surface area (Å²) in [6, 6.07) is 11.3. The van der Waals surface area contributed by atoms with E-state index >= 15 is 0 Å². The van der Waals surface area contributed by atoms with Crippen LogP contribution in [0.5, 0.6) is 0 Å². The van der Waals surface area contributed by atoms with Crippen molar-refractivity contribution in [2.75, 3.05) is 31.1 Å². The summed E-state index contributed by atoms with van der Waals surface area (Å²) in [4.78, 5) is 16.0. The largest absolute Gasteiger partial charge is 0.395 e. The van der Waals surface area contributed by atoms with Gasteiger partial charge in [0.2, 0.25) is 5.91 Å². The standard InChI is InChI=1S/C16H21N3O2/c17-9-11-19(14-6-2-1-3-7-14)16(21)12-18-10-5-4-8-15(18)13-20/h1-3,6-7,15,20H,4-5,8,10-13H2. The highest BCUT2D eigenvalue weighted by Gasteiger charge is 2.26. The van der Waals surface area contributed by atoms with Crippen molar-refractivity contribution in [2.45, 2.75) is 25.3 Å². The molecule has 1 aliphatic rings. The molecule has 1 amide bonds. The summed E-state index contributed by atoms with van der Waals surface area (Å²) >= 11 is 0. The van der Waals surface area contributed by atoms with Crippen LogP contribution >= 0.6 is 0 Å². The summed E-state index contributed by atoms with van der Waals surface area (Å²) in [5.74, 6) is -0.0944. The topological polar surface area (TPSA) is 67.6 Å². The number of likely N-dealkylation sites (tertiary alicyclic amines) is 1. The summed E-state index contributed by atoms with van der Waals surface area (Å²) in [5.41, 5.74) is 0.738. The number of nitriles is 1. The Morgan fingerprint density at radius 2 is 2.14 bits per heavy atom. The molecule has 21 heavy (non-hydrogen) atoms. The fourth-order valence-electron chi connectivity index (χ4n) is 2.74. The Balaban J connectivity index is 2.07. The number of para-hydroxylation sites is 1. The van der Waals surface area contributed by atoms with Crippen LogP contribution in [0.3, 0.4) is 0 Å². The molecule has 5 nitrogen and oxygen atoms in total. The summed E-state index contributed by atoms with van der Waals surface area (Å²) < 4.78 is 0. The van der Waals surface area contributed by atoms with E-state index in [-0.39, 0.29) is 31.6 Å². The number of amides is 1. The average molecular weight is 287 g/mol. The third-order valence-electron chi connectivity index (χ3n) is 3.90. The number of nitrogens with zero attached hydrogens (tertiary/aromatic N) is 3. The molecule has 1 aromatic carbocycles. The number of anilines is 1. The maximum Gasteiger partial charge on any atom is 0.242 e. The van der Waals surface area contributed by atoms with Gasteiger partial charge in [0.25, 0.3) is 0 Å². The zero-order valence-electron chi connectivity index (χ0n) is 12.1. The number of hydrogen-bond donors (Lipinski definition) is 1. The Kier molecular flexibility index (Phi) is 5.73. The molecule has 0 aliphatic carbocycles. The first kappa shape index (κ1) is 15.5. The van der Waals surface area contributed by atoms with Gasteiger partial charge < -0.3 is 5.11 Å². The zero-order valence-corrected chi connectivity index (χ0v) is 12.1. The van der Waals surface area contributed by atoms with Crippen LogP contribution in [0.1, 0.15) is 19.3 Å². The molecule has 0 bridgehead atoms. The third-order valence-corrected chi connectivity index (χ3v) is 3.90. The average Bonchev–Trinajstić information content (AvgIpc) is 2.53. The van der Waals surface area contributed by atoms with Gasteiger partial charge in [-0.1, -0.05) is 24.6 Å². The summed E-state index contributed by atoms with van der Waals surface area (Å²) in [7, 11) is 0. The molecule has 1 N–H and O–H groups in total. The molecular weight excluding hydrogens is 266 g/mol. The SMILES string of the molecule is N#CCN(C(=O)CN1CCCCC1CO)c1ccccc1. The maximum atomic E-state index is 12.5. The van der Waals surface area contributed by atoms with Crippen LogP contribution in [0.4, 0.5) is 5.69 Å². The van der Waals surface area contributed by atoms with Crippen LogP contribution < -0.4 is 4.90 Å². The molecule has 0 spiro atoms. The second-order valence-electron chi connectivity index (χ2n) is 5.28. The van der Waals surface area contributed by atoms with E-state index in [0.29, 0.717) is 0 Å². The van der Waals surface area contributed by atoms with Gasteiger partial charge in [-0.05, 0) is 31.5 Å². The number of hydrogen-bond acceptors (Lipinski definition) is 4.